The van der Waals surface area contributed by atoms with Crippen molar-refractivity contribution in [3.05, 3.63) is 105 Å². The van der Waals surface area contributed by atoms with Crippen molar-refractivity contribution in [3.63, 3.8) is 0 Å². The summed E-state index contributed by atoms with van der Waals surface area (Å²) < 4.78 is 8.34. The fraction of sp³-hybridized carbons (Fsp3) is 0.0870. The fourth-order valence-electron chi connectivity index (χ4n) is 3.38. The number of rotatable bonds is 4. The molecule has 5 rings (SSSR count). The summed E-state index contributed by atoms with van der Waals surface area (Å²) in [4.78, 5) is 33.7. The summed E-state index contributed by atoms with van der Waals surface area (Å²) in [5.74, 6) is 0.775. The van der Waals surface area contributed by atoms with Gasteiger partial charge in [-0.3, -0.25) is 14.0 Å². The van der Waals surface area contributed by atoms with E-state index in [4.69, 9.17) is 4.52 Å². The summed E-state index contributed by atoms with van der Waals surface area (Å²) in [6, 6.07) is 17.6. The summed E-state index contributed by atoms with van der Waals surface area (Å²) in [6.45, 7) is 2.14. The lowest BCUT2D eigenvalue weighted by molar-refractivity contribution is 0.432. The molecule has 0 spiro atoms. The molecular weight excluding hydrogens is 394 g/mol. The number of aromatic nitrogens is 5. The lowest BCUT2D eigenvalue weighted by atomic mass is 10.1. The van der Waals surface area contributed by atoms with E-state index in [0.29, 0.717) is 28.6 Å². The normalized spacial score (nSPS) is 11.1. The van der Waals surface area contributed by atoms with Gasteiger partial charge in [0.2, 0.25) is 5.82 Å². The maximum absolute atomic E-state index is 12.4. The van der Waals surface area contributed by atoms with E-state index in [1.807, 2.05) is 31.2 Å². The number of pyridine rings is 2. The Kier molecular flexibility index (Phi) is 4.51. The fourth-order valence-corrected chi connectivity index (χ4v) is 3.38. The molecule has 1 aromatic carbocycles. The zero-order valence-corrected chi connectivity index (χ0v) is 16.6. The SMILES string of the molecule is Cc1cccc(-c2noc(-c3ccc(=O)n(Cc4cc(=O)n5ccccc5n4)c3)n2)c1. The molecule has 0 N–H and O–H groups in total. The van der Waals surface area contributed by atoms with Gasteiger partial charge < -0.3 is 9.09 Å². The summed E-state index contributed by atoms with van der Waals surface area (Å²) in [5.41, 5.74) is 3.13. The second-order valence-corrected chi connectivity index (χ2v) is 7.19. The molecule has 4 heterocycles. The van der Waals surface area contributed by atoms with Crippen LogP contribution in [0.2, 0.25) is 0 Å². The molecule has 0 saturated heterocycles. The smallest absolute Gasteiger partial charge is 0.259 e. The van der Waals surface area contributed by atoms with Gasteiger partial charge in [-0.15, -0.1) is 0 Å². The van der Waals surface area contributed by atoms with Gasteiger partial charge in [0.1, 0.15) is 5.65 Å². The van der Waals surface area contributed by atoms with Crippen molar-refractivity contribution in [1.82, 2.24) is 24.1 Å². The number of hydrogen-bond acceptors (Lipinski definition) is 6. The first-order valence-electron chi connectivity index (χ1n) is 9.66. The first-order valence-corrected chi connectivity index (χ1v) is 9.66. The molecule has 0 fully saturated rings. The number of fused-ring (bicyclic) bond motifs is 1. The second kappa shape index (κ2) is 7.49. The molecule has 0 saturated carbocycles. The Bertz CT molecular complexity index is 1530. The number of benzene rings is 1. The van der Waals surface area contributed by atoms with E-state index in [-0.39, 0.29) is 17.7 Å². The van der Waals surface area contributed by atoms with Crippen molar-refractivity contribution in [3.8, 4) is 22.8 Å². The third kappa shape index (κ3) is 3.66. The van der Waals surface area contributed by atoms with E-state index in [1.165, 1.54) is 21.1 Å². The van der Waals surface area contributed by atoms with E-state index in [0.717, 1.165) is 11.1 Å². The maximum atomic E-state index is 12.4. The Hall–Kier alpha value is -4.33. The van der Waals surface area contributed by atoms with Crippen LogP contribution in [-0.2, 0) is 6.54 Å². The van der Waals surface area contributed by atoms with Gasteiger partial charge in [0.25, 0.3) is 17.0 Å². The minimum atomic E-state index is -0.225. The molecule has 8 heteroatoms. The van der Waals surface area contributed by atoms with Crippen LogP contribution in [0.1, 0.15) is 11.3 Å². The molecular formula is C23H17N5O3. The molecule has 0 aliphatic rings. The van der Waals surface area contributed by atoms with Crippen LogP contribution in [0.5, 0.6) is 0 Å². The van der Waals surface area contributed by atoms with Gasteiger partial charge >= 0.3 is 0 Å². The van der Waals surface area contributed by atoms with Crippen LogP contribution in [0.3, 0.4) is 0 Å². The number of nitrogens with zero attached hydrogens (tertiary/aromatic N) is 5. The minimum absolute atomic E-state index is 0.145. The van der Waals surface area contributed by atoms with Crippen molar-refractivity contribution in [2.75, 3.05) is 0 Å². The third-order valence-corrected chi connectivity index (χ3v) is 4.89. The Morgan fingerprint density at radius 1 is 0.903 bits per heavy atom. The summed E-state index contributed by atoms with van der Waals surface area (Å²) >= 11 is 0. The van der Waals surface area contributed by atoms with Crippen molar-refractivity contribution in [1.29, 1.82) is 0 Å². The molecule has 152 valence electrons. The highest BCUT2D eigenvalue weighted by molar-refractivity contribution is 5.59. The Morgan fingerprint density at radius 2 is 1.81 bits per heavy atom. The molecule has 0 radical (unpaired) electrons. The summed E-state index contributed by atoms with van der Waals surface area (Å²) in [7, 11) is 0. The van der Waals surface area contributed by atoms with Crippen molar-refractivity contribution < 1.29 is 4.52 Å². The van der Waals surface area contributed by atoms with Gasteiger partial charge in [-0.25, -0.2) is 4.98 Å². The first-order chi connectivity index (χ1) is 15.1. The van der Waals surface area contributed by atoms with E-state index in [2.05, 4.69) is 15.1 Å². The van der Waals surface area contributed by atoms with Gasteiger partial charge in [0, 0.05) is 30.1 Å². The van der Waals surface area contributed by atoms with Crippen LogP contribution in [-0.4, -0.2) is 24.1 Å². The van der Waals surface area contributed by atoms with Gasteiger partial charge in [-0.2, -0.15) is 4.98 Å². The van der Waals surface area contributed by atoms with E-state index in [1.54, 1.807) is 36.7 Å². The average molecular weight is 411 g/mol. The predicted octanol–water partition coefficient (Wildman–Crippen LogP) is 2.93. The molecule has 0 bridgehead atoms. The maximum Gasteiger partial charge on any atom is 0.259 e. The molecule has 4 aromatic heterocycles. The third-order valence-electron chi connectivity index (χ3n) is 4.89. The Morgan fingerprint density at radius 3 is 2.68 bits per heavy atom. The average Bonchev–Trinajstić information content (AvgIpc) is 3.26. The van der Waals surface area contributed by atoms with Gasteiger partial charge in [0.05, 0.1) is 17.8 Å². The van der Waals surface area contributed by atoms with Gasteiger partial charge in [-0.1, -0.05) is 35.0 Å². The van der Waals surface area contributed by atoms with Crippen LogP contribution in [0.25, 0.3) is 28.5 Å². The topological polar surface area (TPSA) is 95.3 Å². The van der Waals surface area contributed by atoms with E-state index >= 15 is 0 Å². The molecule has 0 amide bonds. The minimum Gasteiger partial charge on any atom is -0.334 e. The lowest BCUT2D eigenvalue weighted by Gasteiger charge is -2.07. The van der Waals surface area contributed by atoms with Crippen LogP contribution in [0, 0.1) is 6.92 Å². The molecule has 0 unspecified atom stereocenters. The van der Waals surface area contributed by atoms with Crippen molar-refractivity contribution >= 4 is 5.65 Å². The lowest BCUT2D eigenvalue weighted by Crippen LogP contribution is -2.22. The zero-order chi connectivity index (χ0) is 21.4. The predicted molar refractivity (Wildman–Crippen MR) is 115 cm³/mol. The van der Waals surface area contributed by atoms with Gasteiger partial charge in [0.15, 0.2) is 0 Å². The van der Waals surface area contributed by atoms with Crippen LogP contribution in [0.4, 0.5) is 0 Å². The van der Waals surface area contributed by atoms with E-state index in [9.17, 15) is 9.59 Å². The molecule has 8 nitrogen and oxygen atoms in total. The zero-order valence-electron chi connectivity index (χ0n) is 16.6. The number of hydrogen-bond donors (Lipinski definition) is 0. The van der Waals surface area contributed by atoms with Crippen molar-refractivity contribution in [2.45, 2.75) is 13.5 Å². The Labute approximate surface area is 176 Å². The summed E-state index contributed by atoms with van der Waals surface area (Å²) in [5, 5.41) is 4.06. The highest BCUT2D eigenvalue weighted by atomic mass is 16.5. The molecule has 5 aromatic rings. The van der Waals surface area contributed by atoms with Crippen molar-refractivity contribution in [2.24, 2.45) is 0 Å². The largest absolute Gasteiger partial charge is 0.334 e. The molecule has 0 atom stereocenters. The van der Waals surface area contributed by atoms with Crippen LogP contribution in [0.15, 0.2) is 87.2 Å². The first kappa shape index (κ1) is 18.7. The number of aryl methyl sites for hydroxylation is 1. The quantitative estimate of drug-likeness (QED) is 0.451. The van der Waals surface area contributed by atoms with E-state index < -0.39 is 0 Å². The second-order valence-electron chi connectivity index (χ2n) is 7.19. The highest BCUT2D eigenvalue weighted by Gasteiger charge is 2.13. The van der Waals surface area contributed by atoms with Gasteiger partial charge in [-0.05, 0) is 31.2 Å². The van der Waals surface area contributed by atoms with Crippen LogP contribution < -0.4 is 11.1 Å². The standard InChI is InChI=1S/C23H17N5O3/c1-15-5-4-6-16(11-15)22-25-23(31-26-22)17-8-9-20(29)27(13-17)14-18-12-21(30)28-10-3-2-7-19(28)24-18/h2-13H,14H2,1H3. The molecule has 31 heavy (non-hydrogen) atoms. The summed E-state index contributed by atoms with van der Waals surface area (Å²) in [6.07, 6.45) is 3.28. The van der Waals surface area contributed by atoms with Crippen LogP contribution >= 0.6 is 0 Å². The highest BCUT2D eigenvalue weighted by Crippen LogP contribution is 2.22. The molecule has 0 aliphatic heterocycles. The molecule has 0 aliphatic carbocycles. The Balaban J connectivity index is 1.49. The monoisotopic (exact) mass is 411 g/mol.